The summed E-state index contributed by atoms with van der Waals surface area (Å²) in [6.07, 6.45) is 2.43. The van der Waals surface area contributed by atoms with Gasteiger partial charge >= 0.3 is 0 Å². The number of rotatable bonds is 4. The van der Waals surface area contributed by atoms with Crippen molar-refractivity contribution in [3.8, 4) is 0 Å². The molecule has 0 amide bonds. The zero-order valence-electron chi connectivity index (χ0n) is 10.5. The van der Waals surface area contributed by atoms with Crippen LogP contribution in [0.1, 0.15) is 19.3 Å². The van der Waals surface area contributed by atoms with Crippen LogP contribution in [0.2, 0.25) is 10.0 Å². The molecule has 4 nitrogen and oxygen atoms in total. The lowest BCUT2D eigenvalue weighted by Crippen LogP contribution is -2.41. The highest BCUT2D eigenvalue weighted by atomic mass is 35.5. The van der Waals surface area contributed by atoms with Crippen molar-refractivity contribution >= 4 is 50.4 Å². The van der Waals surface area contributed by atoms with E-state index in [9.17, 15) is 8.42 Å². The first kappa shape index (κ1) is 16.0. The lowest BCUT2D eigenvalue weighted by Gasteiger charge is -2.20. The Morgan fingerprint density at radius 1 is 1.30 bits per heavy atom. The molecule has 2 atom stereocenters. The largest absolute Gasteiger partial charge is 0.393 e. The summed E-state index contributed by atoms with van der Waals surface area (Å²) >= 11 is 16.6. The summed E-state index contributed by atoms with van der Waals surface area (Å²) in [5.74, 6) is -0.0949. The molecule has 2 unspecified atom stereocenters. The van der Waals surface area contributed by atoms with Gasteiger partial charge in [-0.3, -0.25) is 0 Å². The van der Waals surface area contributed by atoms with Crippen molar-refractivity contribution < 1.29 is 8.42 Å². The number of nitrogens with one attached hydrogen (secondary N) is 1. The molecule has 0 radical (unpaired) electrons. The number of thiocarbonyl (C=S) groups is 1. The van der Waals surface area contributed by atoms with Crippen molar-refractivity contribution in [2.24, 2.45) is 11.7 Å². The van der Waals surface area contributed by atoms with E-state index in [-0.39, 0.29) is 21.9 Å². The van der Waals surface area contributed by atoms with E-state index in [0.717, 1.165) is 19.3 Å². The fraction of sp³-hybridized carbons (Fsp3) is 0.417. The Labute approximate surface area is 133 Å². The Morgan fingerprint density at radius 3 is 2.60 bits per heavy atom. The number of halogens is 2. The van der Waals surface area contributed by atoms with Gasteiger partial charge in [0, 0.05) is 12.0 Å². The van der Waals surface area contributed by atoms with Gasteiger partial charge in [-0.2, -0.15) is 0 Å². The molecule has 1 aliphatic rings. The molecule has 3 N–H and O–H groups in total. The van der Waals surface area contributed by atoms with Crippen molar-refractivity contribution in [2.75, 3.05) is 0 Å². The molecule has 0 spiro atoms. The topological polar surface area (TPSA) is 72.2 Å². The van der Waals surface area contributed by atoms with Crippen molar-refractivity contribution in [1.82, 2.24) is 4.72 Å². The maximum absolute atomic E-state index is 12.3. The summed E-state index contributed by atoms with van der Waals surface area (Å²) < 4.78 is 27.3. The molecular weight excluding hydrogens is 339 g/mol. The minimum absolute atomic E-state index is 0.0838. The van der Waals surface area contributed by atoms with Gasteiger partial charge in [-0.25, -0.2) is 13.1 Å². The third kappa shape index (κ3) is 3.43. The summed E-state index contributed by atoms with van der Waals surface area (Å²) in [7, 11) is -3.66. The van der Waals surface area contributed by atoms with E-state index in [4.69, 9.17) is 41.2 Å². The number of nitrogens with two attached hydrogens (primary N) is 1. The number of hydrogen-bond donors (Lipinski definition) is 2. The van der Waals surface area contributed by atoms with Gasteiger partial charge in [0.2, 0.25) is 10.0 Å². The third-order valence-electron chi connectivity index (χ3n) is 3.39. The second-order valence-corrected chi connectivity index (χ2v) is 7.74. The predicted octanol–water partition coefficient (Wildman–Crippen LogP) is 2.73. The Hall–Kier alpha value is -0.400. The van der Waals surface area contributed by atoms with Crippen molar-refractivity contribution in [1.29, 1.82) is 0 Å². The highest BCUT2D eigenvalue weighted by Gasteiger charge is 2.33. The molecule has 0 heterocycles. The molecule has 0 bridgehead atoms. The molecule has 0 aliphatic heterocycles. The normalized spacial score (nSPS) is 22.9. The molecule has 1 aromatic rings. The molecule has 20 heavy (non-hydrogen) atoms. The Balaban J connectivity index is 2.22. The van der Waals surface area contributed by atoms with E-state index in [1.165, 1.54) is 18.2 Å². The van der Waals surface area contributed by atoms with Crippen LogP contribution in [0.25, 0.3) is 0 Å². The second-order valence-electron chi connectivity index (χ2n) is 4.74. The van der Waals surface area contributed by atoms with Gasteiger partial charge in [-0.05, 0) is 31.0 Å². The summed E-state index contributed by atoms with van der Waals surface area (Å²) in [5.41, 5.74) is 5.65. The van der Waals surface area contributed by atoms with Gasteiger partial charge in [0.15, 0.2) is 0 Å². The zero-order valence-corrected chi connectivity index (χ0v) is 13.6. The molecular formula is C12H14Cl2N2O2S2. The summed E-state index contributed by atoms with van der Waals surface area (Å²) in [5, 5.41) is 0.513. The van der Waals surface area contributed by atoms with Gasteiger partial charge in [-0.15, -0.1) is 0 Å². The average molecular weight is 353 g/mol. The maximum Gasteiger partial charge on any atom is 0.240 e. The fourth-order valence-electron chi connectivity index (χ4n) is 2.35. The second kappa shape index (κ2) is 6.15. The third-order valence-corrected chi connectivity index (χ3v) is 5.92. The van der Waals surface area contributed by atoms with Gasteiger partial charge in [-0.1, -0.05) is 41.8 Å². The van der Waals surface area contributed by atoms with Gasteiger partial charge in [0.1, 0.15) is 0 Å². The summed E-state index contributed by atoms with van der Waals surface area (Å²) in [6.45, 7) is 0. The van der Waals surface area contributed by atoms with Crippen LogP contribution in [-0.4, -0.2) is 19.4 Å². The molecule has 1 aromatic carbocycles. The highest BCUT2D eigenvalue weighted by Crippen LogP contribution is 2.29. The first-order valence-electron chi connectivity index (χ1n) is 6.08. The quantitative estimate of drug-likeness (QED) is 0.817. The first-order chi connectivity index (χ1) is 9.31. The van der Waals surface area contributed by atoms with E-state index >= 15 is 0 Å². The monoisotopic (exact) mass is 352 g/mol. The molecule has 1 aliphatic carbocycles. The van der Waals surface area contributed by atoms with Gasteiger partial charge in [0.05, 0.1) is 19.9 Å². The Kier molecular flexibility index (Phi) is 4.92. The van der Waals surface area contributed by atoms with Crippen molar-refractivity contribution in [3.63, 3.8) is 0 Å². The van der Waals surface area contributed by atoms with Crippen LogP contribution in [0, 0.1) is 5.92 Å². The molecule has 0 saturated heterocycles. The van der Waals surface area contributed by atoms with E-state index in [1.54, 1.807) is 0 Å². The SMILES string of the molecule is NC(=S)C1CCCC1NS(=O)(=O)c1ccc(Cl)c(Cl)c1. The minimum atomic E-state index is -3.66. The molecule has 1 saturated carbocycles. The van der Waals surface area contributed by atoms with Crippen molar-refractivity contribution in [3.05, 3.63) is 28.2 Å². The van der Waals surface area contributed by atoms with Crippen LogP contribution >= 0.6 is 35.4 Å². The first-order valence-corrected chi connectivity index (χ1v) is 8.72. The Morgan fingerprint density at radius 2 is 2.00 bits per heavy atom. The zero-order chi connectivity index (χ0) is 14.9. The van der Waals surface area contributed by atoms with Gasteiger partial charge < -0.3 is 5.73 Å². The van der Waals surface area contributed by atoms with E-state index in [2.05, 4.69) is 4.72 Å². The smallest absolute Gasteiger partial charge is 0.240 e. The van der Waals surface area contributed by atoms with E-state index in [1.807, 2.05) is 0 Å². The van der Waals surface area contributed by atoms with E-state index in [0.29, 0.717) is 10.0 Å². The minimum Gasteiger partial charge on any atom is -0.393 e. The maximum atomic E-state index is 12.3. The lowest BCUT2D eigenvalue weighted by atomic mass is 10.1. The van der Waals surface area contributed by atoms with Crippen LogP contribution in [-0.2, 0) is 10.0 Å². The number of hydrogen-bond acceptors (Lipinski definition) is 3. The van der Waals surface area contributed by atoms with Crippen LogP contribution < -0.4 is 10.5 Å². The molecule has 110 valence electrons. The molecule has 2 rings (SSSR count). The van der Waals surface area contributed by atoms with Crippen LogP contribution in [0.4, 0.5) is 0 Å². The molecule has 0 aromatic heterocycles. The van der Waals surface area contributed by atoms with Crippen LogP contribution in [0.15, 0.2) is 23.1 Å². The van der Waals surface area contributed by atoms with Crippen molar-refractivity contribution in [2.45, 2.75) is 30.2 Å². The molecule has 1 fully saturated rings. The summed E-state index contributed by atoms with van der Waals surface area (Å²) in [4.78, 5) is 0.435. The lowest BCUT2D eigenvalue weighted by molar-refractivity contribution is 0.525. The fourth-order valence-corrected chi connectivity index (χ4v) is 4.33. The summed E-state index contributed by atoms with van der Waals surface area (Å²) in [6, 6.07) is 3.95. The highest BCUT2D eigenvalue weighted by molar-refractivity contribution is 7.89. The number of sulfonamides is 1. The Bertz CT molecular complexity index is 634. The van der Waals surface area contributed by atoms with Crippen LogP contribution in [0.5, 0.6) is 0 Å². The van der Waals surface area contributed by atoms with Gasteiger partial charge in [0.25, 0.3) is 0 Å². The standard InChI is InChI=1S/C12H14Cl2N2O2S2/c13-9-5-4-7(6-10(9)14)20(17,18)16-11-3-1-2-8(11)12(15)19/h4-6,8,11,16H,1-3H2,(H2,15,19). The van der Waals surface area contributed by atoms with Crippen LogP contribution in [0.3, 0.4) is 0 Å². The molecule has 8 heteroatoms. The average Bonchev–Trinajstić information content (AvgIpc) is 2.80. The number of benzene rings is 1. The van der Waals surface area contributed by atoms with E-state index < -0.39 is 10.0 Å². The predicted molar refractivity (Wildman–Crippen MR) is 84.7 cm³/mol.